The van der Waals surface area contributed by atoms with E-state index in [1.165, 1.54) is 12.1 Å². The highest BCUT2D eigenvalue weighted by molar-refractivity contribution is 9.09. The van der Waals surface area contributed by atoms with Crippen molar-refractivity contribution >= 4 is 51.7 Å². The molecule has 3 aromatic rings. The summed E-state index contributed by atoms with van der Waals surface area (Å²) in [6.45, 7) is -0.564. The summed E-state index contributed by atoms with van der Waals surface area (Å²) in [6, 6.07) is 24.9. The van der Waals surface area contributed by atoms with Gasteiger partial charge in [-0.3, -0.25) is 14.4 Å². The number of benzene rings is 3. The second-order valence-corrected chi connectivity index (χ2v) is 10.8. The average Bonchev–Trinajstić information content (AvgIpc) is 3.10. The molecular weight excluding hydrogens is 692 g/mol. The van der Waals surface area contributed by atoms with Crippen molar-refractivity contribution in [1.82, 2.24) is 0 Å². The fourth-order valence-corrected chi connectivity index (χ4v) is 4.14. The summed E-state index contributed by atoms with van der Waals surface area (Å²) in [4.78, 5) is 76.4. The molecule has 3 rings (SSSR count). The van der Waals surface area contributed by atoms with E-state index in [1.54, 1.807) is 78.9 Å². The molecule has 48 heavy (non-hydrogen) atoms. The zero-order valence-electron chi connectivity index (χ0n) is 26.0. The quantitative estimate of drug-likeness (QED) is 0.0554. The van der Waals surface area contributed by atoms with Crippen LogP contribution in [0.15, 0.2) is 91.0 Å². The van der Waals surface area contributed by atoms with Crippen LogP contribution in [0, 0.1) is 0 Å². The third-order valence-corrected chi connectivity index (χ3v) is 6.87. The molecule has 0 aliphatic heterocycles. The van der Waals surface area contributed by atoms with Crippen molar-refractivity contribution in [2.45, 2.75) is 51.1 Å². The predicted molar refractivity (Wildman–Crippen MR) is 172 cm³/mol. The van der Waals surface area contributed by atoms with Gasteiger partial charge in [-0.25, -0.2) is 14.4 Å². The number of halogens is 1. The lowest BCUT2D eigenvalue weighted by Crippen LogP contribution is -2.47. The topological polar surface area (TPSA) is 158 Å². The van der Waals surface area contributed by atoms with Gasteiger partial charge in [0, 0.05) is 11.8 Å². The van der Waals surface area contributed by atoms with Gasteiger partial charge in [0.2, 0.25) is 12.2 Å². The molecule has 0 saturated heterocycles. The van der Waals surface area contributed by atoms with Crippen LogP contribution in [-0.4, -0.2) is 66.6 Å². The van der Waals surface area contributed by atoms with Gasteiger partial charge < -0.3 is 28.4 Å². The number of rotatable bonds is 19. The predicted octanol–water partition coefficient (Wildman–Crippen LogP) is 4.65. The van der Waals surface area contributed by atoms with E-state index in [2.05, 4.69) is 15.9 Å². The molecule has 13 heteroatoms. The summed E-state index contributed by atoms with van der Waals surface area (Å²) in [5.41, 5.74) is 1.28. The fraction of sp³-hybridized carbons (Fsp3) is 0.314. The van der Waals surface area contributed by atoms with E-state index >= 15 is 0 Å². The molecule has 0 N–H and O–H groups in total. The van der Waals surface area contributed by atoms with Crippen LogP contribution in [0.2, 0.25) is 0 Å². The van der Waals surface area contributed by atoms with Crippen LogP contribution in [0.1, 0.15) is 47.2 Å². The Hall–Kier alpha value is -5.04. The first kappa shape index (κ1) is 37.4. The standard InChI is InChI=1S/C35H35BrO12/c36-19-11-21-44-30(39)22-29(38)43-20-10-18-28(37)47-31(34(41)45-23-25-12-4-1-5-13-25)32(48-33(40)27-16-8-3-9-17-27)35(42)46-24-26-14-6-2-7-15-26/h1-9,12-17,31-32H,10-11,18-24H2/t31-,32-/m0/s1. The van der Waals surface area contributed by atoms with Crippen LogP contribution in [0.5, 0.6) is 0 Å². The molecule has 0 bridgehead atoms. The molecule has 0 unspecified atom stereocenters. The lowest BCUT2D eigenvalue weighted by atomic mass is 10.1. The number of hydrogen-bond donors (Lipinski definition) is 0. The SMILES string of the molecule is O=C(CC(=O)OCCCC(=O)O[C@H](C(=O)OCc1ccccc1)[C@H](OC(=O)c1ccccc1)C(=O)OCc1ccccc1)OCCCBr. The Balaban J connectivity index is 1.72. The zero-order chi connectivity index (χ0) is 34.6. The third kappa shape index (κ3) is 13.8. The van der Waals surface area contributed by atoms with Crippen molar-refractivity contribution < 1.29 is 57.2 Å². The molecule has 254 valence electrons. The molecule has 0 fully saturated rings. The summed E-state index contributed by atoms with van der Waals surface area (Å²) >= 11 is 3.20. The maximum atomic E-state index is 13.4. The smallest absolute Gasteiger partial charge is 0.352 e. The zero-order valence-corrected chi connectivity index (χ0v) is 27.5. The number of carbonyl (C=O) groups excluding carboxylic acids is 6. The van der Waals surface area contributed by atoms with Gasteiger partial charge in [0.1, 0.15) is 19.6 Å². The molecule has 3 aromatic carbocycles. The Bertz CT molecular complexity index is 1480. The number of ether oxygens (including phenoxy) is 6. The lowest BCUT2D eigenvalue weighted by Gasteiger charge is -2.24. The Labute approximate surface area is 285 Å². The molecule has 0 saturated carbocycles. The van der Waals surface area contributed by atoms with Gasteiger partial charge in [-0.15, -0.1) is 0 Å². The van der Waals surface area contributed by atoms with Gasteiger partial charge in [0.25, 0.3) is 0 Å². The highest BCUT2D eigenvalue weighted by atomic mass is 79.9. The van der Waals surface area contributed by atoms with Gasteiger partial charge in [-0.1, -0.05) is 94.8 Å². The summed E-state index contributed by atoms with van der Waals surface area (Å²) < 4.78 is 31.5. The first-order valence-corrected chi connectivity index (χ1v) is 16.1. The van der Waals surface area contributed by atoms with Crippen molar-refractivity contribution in [2.24, 2.45) is 0 Å². The van der Waals surface area contributed by atoms with E-state index in [9.17, 15) is 28.8 Å². The van der Waals surface area contributed by atoms with Crippen LogP contribution < -0.4 is 0 Å². The highest BCUT2D eigenvalue weighted by Crippen LogP contribution is 2.17. The molecule has 0 spiro atoms. The van der Waals surface area contributed by atoms with Crippen LogP contribution in [0.4, 0.5) is 0 Å². The van der Waals surface area contributed by atoms with Gasteiger partial charge >= 0.3 is 35.8 Å². The first-order chi connectivity index (χ1) is 23.3. The van der Waals surface area contributed by atoms with E-state index in [4.69, 9.17) is 28.4 Å². The number of alkyl halides is 1. The Kier molecular flexibility index (Phi) is 16.3. The van der Waals surface area contributed by atoms with Crippen LogP contribution >= 0.6 is 15.9 Å². The Morgan fingerprint density at radius 3 is 1.50 bits per heavy atom. The van der Waals surface area contributed by atoms with Crippen LogP contribution in [-0.2, 0) is 65.6 Å². The summed E-state index contributed by atoms with van der Waals surface area (Å²) in [5.74, 6) is -5.88. The molecule has 0 aromatic heterocycles. The monoisotopic (exact) mass is 726 g/mol. The minimum absolute atomic E-state index is 0.0537. The Morgan fingerprint density at radius 1 is 0.542 bits per heavy atom. The minimum atomic E-state index is -2.05. The lowest BCUT2D eigenvalue weighted by molar-refractivity contribution is -0.185. The summed E-state index contributed by atoms with van der Waals surface area (Å²) in [7, 11) is 0. The van der Waals surface area contributed by atoms with E-state index < -0.39 is 54.4 Å². The largest absolute Gasteiger partial charge is 0.465 e. The third-order valence-electron chi connectivity index (χ3n) is 6.31. The van der Waals surface area contributed by atoms with E-state index in [-0.39, 0.29) is 44.8 Å². The van der Waals surface area contributed by atoms with Crippen LogP contribution in [0.25, 0.3) is 0 Å². The van der Waals surface area contributed by atoms with E-state index in [0.29, 0.717) is 22.9 Å². The fourth-order valence-electron chi connectivity index (χ4n) is 3.91. The van der Waals surface area contributed by atoms with E-state index in [0.717, 1.165) is 0 Å². The molecule has 0 aliphatic rings. The molecule has 0 amide bonds. The van der Waals surface area contributed by atoms with Crippen molar-refractivity contribution in [3.63, 3.8) is 0 Å². The Morgan fingerprint density at radius 2 is 1.00 bits per heavy atom. The average molecular weight is 728 g/mol. The van der Waals surface area contributed by atoms with Crippen molar-refractivity contribution in [3.8, 4) is 0 Å². The summed E-state index contributed by atoms with van der Waals surface area (Å²) in [5, 5.41) is 0.636. The number of carbonyl (C=O) groups is 6. The van der Waals surface area contributed by atoms with Crippen LogP contribution in [0.3, 0.4) is 0 Å². The van der Waals surface area contributed by atoms with Gasteiger partial charge in [0.05, 0.1) is 18.8 Å². The molecular formula is C35H35BrO12. The highest BCUT2D eigenvalue weighted by Gasteiger charge is 2.43. The minimum Gasteiger partial charge on any atom is -0.465 e. The van der Waals surface area contributed by atoms with Gasteiger partial charge in [-0.2, -0.15) is 0 Å². The maximum Gasteiger partial charge on any atom is 0.352 e. The second-order valence-electron chi connectivity index (χ2n) is 10.1. The molecule has 0 heterocycles. The van der Waals surface area contributed by atoms with Crippen molar-refractivity contribution in [3.05, 3.63) is 108 Å². The maximum absolute atomic E-state index is 13.4. The molecule has 2 atom stereocenters. The first-order valence-electron chi connectivity index (χ1n) is 15.0. The number of esters is 6. The van der Waals surface area contributed by atoms with E-state index in [1.807, 2.05) is 0 Å². The molecule has 12 nitrogen and oxygen atoms in total. The van der Waals surface area contributed by atoms with Gasteiger partial charge in [-0.05, 0) is 36.1 Å². The summed E-state index contributed by atoms with van der Waals surface area (Å²) in [6.07, 6.45) is -4.52. The van der Waals surface area contributed by atoms with Crippen molar-refractivity contribution in [2.75, 3.05) is 18.5 Å². The normalized spacial score (nSPS) is 11.7. The molecule has 0 aliphatic carbocycles. The number of hydrogen-bond acceptors (Lipinski definition) is 12. The molecule has 0 radical (unpaired) electrons. The second kappa shape index (κ2) is 21.0. The van der Waals surface area contributed by atoms with Crippen molar-refractivity contribution in [1.29, 1.82) is 0 Å². The van der Waals surface area contributed by atoms with Gasteiger partial charge in [0.15, 0.2) is 0 Å².